The summed E-state index contributed by atoms with van der Waals surface area (Å²) in [5, 5.41) is 163. The first-order chi connectivity index (χ1) is 60.6. The summed E-state index contributed by atoms with van der Waals surface area (Å²) in [6.07, 6.45) is -25.8. The van der Waals surface area contributed by atoms with Crippen molar-refractivity contribution in [1.82, 2.24) is 52.8 Å². The summed E-state index contributed by atoms with van der Waals surface area (Å²) in [5.74, 6) is -15.2. The van der Waals surface area contributed by atoms with E-state index in [4.69, 9.17) is 54.2 Å². The molecule has 1 aromatic rings. The molecule has 11 amide bonds. The second kappa shape index (κ2) is 58.6. The number of aliphatic hydroxyl groups excluding tert-OH is 12. The maximum atomic E-state index is 15.3. The van der Waals surface area contributed by atoms with Gasteiger partial charge in [0.05, 0.1) is 50.8 Å². The van der Waals surface area contributed by atoms with Crippen LogP contribution in [0.15, 0.2) is 36.0 Å². The van der Waals surface area contributed by atoms with Crippen LogP contribution in [0.1, 0.15) is 177 Å². The minimum atomic E-state index is -2.38. The molecule has 46 nitrogen and oxygen atoms in total. The molecule has 4 aliphatic heterocycles. The number of allylic oxidation sites excluding steroid dienone is 1. The Kier molecular flexibility index (Phi) is 51.8. The number of aldehydes is 2. The van der Waals surface area contributed by atoms with Crippen molar-refractivity contribution in [3.05, 3.63) is 41.6 Å². The third-order valence-electron chi connectivity index (χ3n) is 21.3. The first-order valence-electron chi connectivity index (χ1n) is 42.9. The van der Waals surface area contributed by atoms with Crippen molar-refractivity contribution in [1.29, 1.82) is 0 Å². The number of likely N-dealkylation sites (N-methyl/N-ethyl adjacent to an activating group) is 1. The molecule has 1 aromatic carbocycles. The molecule has 4 aliphatic rings. The number of nitrogens with zero attached hydrogens (tertiary/aromatic N) is 1. The number of phenols is 1. The fourth-order valence-electron chi connectivity index (χ4n) is 14.1. The molecule has 4 fully saturated rings. The van der Waals surface area contributed by atoms with Gasteiger partial charge in [-0.1, -0.05) is 95.8 Å². The lowest BCUT2D eigenvalue weighted by molar-refractivity contribution is -0.339. The average molecular weight is 1830 g/mol. The summed E-state index contributed by atoms with van der Waals surface area (Å²) in [5.41, 5.74) is 10.9. The first-order valence-corrected chi connectivity index (χ1v) is 42.9. The quantitative estimate of drug-likeness (QED) is 0.0127. The van der Waals surface area contributed by atoms with Gasteiger partial charge in [0.1, 0.15) is 139 Å². The number of rotatable bonds is 38. The second-order valence-corrected chi connectivity index (χ2v) is 31.5. The molecular weight excluding hydrogens is 1700 g/mol. The lowest BCUT2D eigenvalue weighted by atomic mass is 9.96. The van der Waals surface area contributed by atoms with Crippen LogP contribution in [0.25, 0.3) is 0 Å². The van der Waals surface area contributed by atoms with Crippen molar-refractivity contribution in [3.8, 4) is 5.75 Å². The van der Waals surface area contributed by atoms with E-state index in [9.17, 15) is 105 Å². The maximum Gasteiger partial charge on any atom is 0.328 e. The molecule has 128 heavy (non-hydrogen) atoms. The Balaban J connectivity index is 0.00000684. The highest BCUT2D eigenvalue weighted by atomic mass is 16.7. The maximum absolute atomic E-state index is 15.3. The Morgan fingerprint density at radius 1 is 0.648 bits per heavy atom. The number of aliphatic hydroxyl groups is 12. The lowest BCUT2D eigenvalue weighted by Gasteiger charge is -2.46. The number of carbonyl (C=O) groups is 14. The summed E-state index contributed by atoms with van der Waals surface area (Å²) in [4.78, 5) is 190. The molecule has 27 atom stereocenters. The predicted octanol–water partition coefficient (Wildman–Crippen LogP) is -7.62. The fraction of sp³-hybridized carbons (Fsp3) is 0.732. The molecule has 0 bridgehead atoms. The molecule has 46 heteroatoms. The van der Waals surface area contributed by atoms with Gasteiger partial charge in [-0.3, -0.25) is 52.7 Å². The number of aromatic hydroxyl groups is 1. The van der Waals surface area contributed by atoms with Crippen molar-refractivity contribution in [2.24, 2.45) is 11.5 Å². The zero-order valence-electron chi connectivity index (χ0n) is 73.9. The van der Waals surface area contributed by atoms with Crippen LogP contribution in [0, 0.1) is 0 Å². The molecule has 4 saturated heterocycles. The lowest BCUT2D eigenvalue weighted by Crippen LogP contribution is -2.67. The predicted molar refractivity (Wildman–Crippen MR) is 447 cm³/mol. The molecule has 0 aromatic heterocycles. The smallest absolute Gasteiger partial charge is 0.328 e. The second-order valence-electron chi connectivity index (χ2n) is 31.5. The Morgan fingerprint density at radius 3 is 1.77 bits per heavy atom. The molecule has 0 radical (unpaired) electrons. The fourth-order valence-corrected chi connectivity index (χ4v) is 14.1. The molecule has 26 N–H and O–H groups in total. The number of amides is 11. The largest absolute Gasteiger partial charge is 0.508 e. The van der Waals surface area contributed by atoms with Crippen molar-refractivity contribution >= 4 is 83.5 Å². The van der Waals surface area contributed by atoms with Crippen molar-refractivity contribution in [3.63, 3.8) is 0 Å². The zero-order chi connectivity index (χ0) is 96.4. The van der Waals surface area contributed by atoms with Crippen LogP contribution >= 0.6 is 0 Å². The van der Waals surface area contributed by atoms with Gasteiger partial charge < -0.3 is 173 Å². The SMILES string of the molecule is CC=C1NC(=O)[C@@H](Cc2ccc(O)cc2)NC(=O)[C@@H]([C@@H](C)O)NC(=O)C(NC(=O)C(NC(=O)C(O)C(CCCCCCCCCCCCC)OC2OCC(O)C(OC3OC(CO)C(O)C(O)C3NC(C)=O)C2O)C(C)O)C(C)OC(=O)C(CCCCN)NC(=O)C(C(C)OC2OC(CO)C(O)C(O)C2O)N(C)C(=O)CNC(=O)[C@@H](CCC(N)=O)NC1=O.CC=O.CC=O. The van der Waals surface area contributed by atoms with E-state index in [0.717, 1.165) is 112 Å². The van der Waals surface area contributed by atoms with Gasteiger partial charge in [-0.15, -0.1) is 0 Å². The monoisotopic (exact) mass is 1830 g/mol. The highest BCUT2D eigenvalue weighted by Crippen LogP contribution is 2.31. The van der Waals surface area contributed by atoms with Gasteiger partial charge >= 0.3 is 5.97 Å². The summed E-state index contributed by atoms with van der Waals surface area (Å²) < 4.78 is 40.9. The van der Waals surface area contributed by atoms with E-state index in [0.29, 0.717) is 17.7 Å². The molecule has 0 saturated carbocycles. The number of unbranched alkanes of at least 4 members (excludes halogenated alkanes) is 11. The van der Waals surface area contributed by atoms with Gasteiger partial charge in [-0.25, -0.2) is 4.79 Å². The highest BCUT2D eigenvalue weighted by molar-refractivity contribution is 6.02. The van der Waals surface area contributed by atoms with Crippen LogP contribution in [0.5, 0.6) is 5.75 Å². The number of ether oxygens (including phenoxy) is 7. The Bertz CT molecular complexity index is 3680. The minimum Gasteiger partial charge on any atom is -0.508 e. The Hall–Kier alpha value is -9.02. The zero-order valence-corrected chi connectivity index (χ0v) is 73.9. The average Bonchev–Trinajstić information content (AvgIpc) is 0.789. The molecule has 0 aliphatic carbocycles. The number of nitrogens with two attached hydrogens (primary N) is 2. The van der Waals surface area contributed by atoms with Crippen LogP contribution in [0.3, 0.4) is 0 Å². The van der Waals surface area contributed by atoms with E-state index in [-0.39, 0.29) is 50.0 Å². The van der Waals surface area contributed by atoms with E-state index in [1.165, 1.54) is 45.0 Å². The summed E-state index contributed by atoms with van der Waals surface area (Å²) in [6, 6.07) is -10.7. The van der Waals surface area contributed by atoms with Gasteiger partial charge in [0, 0.05) is 26.8 Å². The van der Waals surface area contributed by atoms with Crippen molar-refractivity contribution in [2.75, 3.05) is 40.0 Å². The number of hydrogen-bond donors (Lipinski definition) is 24. The van der Waals surface area contributed by atoms with E-state index in [2.05, 4.69) is 54.8 Å². The van der Waals surface area contributed by atoms with E-state index < -0.39 is 287 Å². The minimum absolute atomic E-state index is 0.00217. The standard InChI is InChI=1S/C78H128N12O32.2C2H4O/c1-9-11-12-13-14-15-16-17-18-19-20-24-49(119-77-65(106)66(48(97)36-116-77)122-76-57(82-41(7)95)62(103)59(100)50(34-91)120-76)61(102)74(114)88-55(38(4)94)71(111)89-56-39(5)117-75(115)46(23-21-22-31-79)85-73(113)58(40(6)118-78-64(105)63(104)60(101)51(35-92)121-78)90(8)53(99)33-81-67(107)45(29-30-52(80)98)84-68(108)44(10-2)83-69(109)47(32-42-25-27-43(96)28-26-42)86-70(110)54(37(3)93)87-72(56)112;2*1-2-3/h10,25-28,37-40,45-51,54-66,76-78,91-94,96-97,100-106H,9,11-24,29-36,79H2,1-8H3,(H2,80,98)(H,81,107)(H,82,95)(H,83,109)(H,84,108)(H,85,113)(H,86,110)(H,87,112)(H,88,114)(H,89,111);2*2H,1H3/t37-,38?,39?,40?,45-,46?,47-,48?,49?,50?,51?,54-,55?,56?,57?,58?,59?,60?,61?,62?,63?,64?,65?,66?,76?,77?,78?;;/m1../s1. The van der Waals surface area contributed by atoms with E-state index in [1.54, 1.807) is 0 Å². The normalized spacial score (nSPS) is 29.7. The van der Waals surface area contributed by atoms with Crippen LogP contribution in [0.4, 0.5) is 0 Å². The molecule has 0 spiro atoms. The van der Waals surface area contributed by atoms with Gasteiger partial charge in [-0.2, -0.15) is 0 Å². The molecule has 5 rings (SSSR count). The number of primary amides is 1. The topological polar surface area (TPSA) is 730 Å². The molecular formula is C82H136N12O34. The van der Waals surface area contributed by atoms with Crippen LogP contribution in [0.2, 0.25) is 0 Å². The van der Waals surface area contributed by atoms with Crippen LogP contribution in [-0.2, 0) is 107 Å². The van der Waals surface area contributed by atoms with E-state index >= 15 is 19.2 Å². The van der Waals surface area contributed by atoms with Crippen molar-refractivity contribution in [2.45, 2.75) is 343 Å². The number of carbonyl (C=O) groups excluding carboxylic acids is 14. The number of esters is 1. The number of nitrogens with one attached hydrogen (secondary N) is 9. The van der Waals surface area contributed by atoms with Gasteiger partial charge in [0.25, 0.3) is 11.8 Å². The highest BCUT2D eigenvalue weighted by Gasteiger charge is 2.52. The number of hydrogen-bond acceptors (Lipinski definition) is 35. The molecule has 728 valence electrons. The van der Waals surface area contributed by atoms with Gasteiger partial charge in [-0.05, 0) is 105 Å². The van der Waals surface area contributed by atoms with Gasteiger partial charge in [0.15, 0.2) is 25.0 Å². The summed E-state index contributed by atoms with van der Waals surface area (Å²) in [6.45, 7) is 7.95. The van der Waals surface area contributed by atoms with Crippen LogP contribution in [-0.4, -0.2) is 360 Å². The Morgan fingerprint density at radius 2 is 1.22 bits per heavy atom. The van der Waals surface area contributed by atoms with Crippen LogP contribution < -0.4 is 59.3 Å². The van der Waals surface area contributed by atoms with Crippen molar-refractivity contribution < 1.29 is 167 Å². The van der Waals surface area contributed by atoms with Gasteiger partial charge in [0.2, 0.25) is 53.2 Å². The Labute approximate surface area is 741 Å². The first kappa shape index (κ1) is 113. The van der Waals surface area contributed by atoms with E-state index in [1.807, 2.05) is 0 Å². The summed E-state index contributed by atoms with van der Waals surface area (Å²) >= 11 is 0. The number of phenolic OH excluding ortho intramolecular Hbond substituents is 1. The summed E-state index contributed by atoms with van der Waals surface area (Å²) in [7, 11) is 1.02. The molecule has 4 heterocycles. The number of benzene rings is 1. The third-order valence-corrected chi connectivity index (χ3v) is 21.3. The third kappa shape index (κ3) is 36.4. The number of cyclic esters (lactones) is 1. The molecule has 23 unspecified atom stereocenters.